The van der Waals surface area contributed by atoms with Crippen LogP contribution in [0.2, 0.25) is 5.02 Å². The maximum atomic E-state index is 13.1. The van der Waals surface area contributed by atoms with E-state index in [1.54, 1.807) is 14.0 Å². The second-order valence-electron chi connectivity index (χ2n) is 7.05. The van der Waals surface area contributed by atoms with Gasteiger partial charge >= 0.3 is 6.03 Å². The predicted molar refractivity (Wildman–Crippen MR) is 104 cm³/mol. The van der Waals surface area contributed by atoms with Crippen molar-refractivity contribution in [3.63, 3.8) is 0 Å². The topological polar surface area (TPSA) is 59.5 Å². The molecule has 4 rings (SSSR count). The molecule has 0 radical (unpaired) electrons. The minimum Gasteiger partial charge on any atom is -0.302 e. The molecule has 7 nitrogen and oxygen atoms in total. The summed E-state index contributed by atoms with van der Waals surface area (Å²) in [4.78, 5) is 37.0. The van der Waals surface area contributed by atoms with E-state index >= 15 is 0 Å². The lowest BCUT2D eigenvalue weighted by atomic mass is 10.1. The number of halogens is 1. The van der Waals surface area contributed by atoms with Crippen molar-refractivity contribution in [2.75, 3.05) is 18.5 Å². The SMILES string of the molecule is C=C(C)CN1C(=O)C2C(N=C3N(c4ccc(Cl)cc4)C(C)=CN32)N(C)C1=O. The molecule has 0 aliphatic carbocycles. The van der Waals surface area contributed by atoms with Crippen LogP contribution in [0.3, 0.4) is 0 Å². The van der Waals surface area contributed by atoms with Crippen LogP contribution >= 0.6 is 11.6 Å². The van der Waals surface area contributed by atoms with E-state index in [2.05, 4.69) is 6.58 Å². The summed E-state index contributed by atoms with van der Waals surface area (Å²) in [7, 11) is 1.67. The first-order valence-corrected chi connectivity index (χ1v) is 9.00. The van der Waals surface area contributed by atoms with Gasteiger partial charge in [0.25, 0.3) is 5.91 Å². The van der Waals surface area contributed by atoms with Crippen LogP contribution in [0.25, 0.3) is 0 Å². The van der Waals surface area contributed by atoms with Crippen molar-refractivity contribution in [1.29, 1.82) is 0 Å². The Bertz CT molecular complexity index is 907. The zero-order chi connectivity index (χ0) is 19.5. The number of carbonyl (C=O) groups excluding carboxylic acids is 2. The number of imide groups is 1. The minimum absolute atomic E-state index is 0.206. The fraction of sp³-hybridized carbons (Fsp3) is 0.316. The Balaban J connectivity index is 1.71. The average Bonchev–Trinajstić information content (AvgIpc) is 3.12. The second-order valence-corrected chi connectivity index (χ2v) is 7.49. The molecule has 2 unspecified atom stereocenters. The first-order valence-electron chi connectivity index (χ1n) is 8.62. The lowest BCUT2D eigenvalue weighted by Gasteiger charge is -2.40. The monoisotopic (exact) mass is 385 g/mol. The highest BCUT2D eigenvalue weighted by molar-refractivity contribution is 6.30. The smallest absolute Gasteiger partial charge is 0.302 e. The summed E-state index contributed by atoms with van der Waals surface area (Å²) < 4.78 is 0. The third kappa shape index (κ3) is 2.61. The molecule has 140 valence electrons. The zero-order valence-electron chi connectivity index (χ0n) is 15.4. The summed E-state index contributed by atoms with van der Waals surface area (Å²) in [6, 6.07) is 6.49. The number of nitrogens with zero attached hydrogens (tertiary/aromatic N) is 5. The van der Waals surface area contributed by atoms with Crippen LogP contribution in [0.1, 0.15) is 13.8 Å². The van der Waals surface area contributed by atoms with Gasteiger partial charge in [-0.2, -0.15) is 0 Å². The summed E-state index contributed by atoms with van der Waals surface area (Å²) in [5.41, 5.74) is 2.58. The molecule has 2 atom stereocenters. The highest BCUT2D eigenvalue weighted by atomic mass is 35.5. The molecule has 3 heterocycles. The third-order valence-corrected chi connectivity index (χ3v) is 5.15. The highest BCUT2D eigenvalue weighted by Gasteiger charge is 2.54. The van der Waals surface area contributed by atoms with Crippen molar-refractivity contribution in [2.45, 2.75) is 26.1 Å². The van der Waals surface area contributed by atoms with Crippen LogP contribution < -0.4 is 4.90 Å². The normalized spacial score (nSPS) is 24.1. The number of guanidine groups is 1. The number of rotatable bonds is 3. The number of aliphatic imine (C=N–C) groups is 1. The zero-order valence-corrected chi connectivity index (χ0v) is 16.1. The van der Waals surface area contributed by atoms with E-state index in [-0.39, 0.29) is 18.5 Å². The van der Waals surface area contributed by atoms with Crippen molar-refractivity contribution < 1.29 is 9.59 Å². The summed E-state index contributed by atoms with van der Waals surface area (Å²) in [6.07, 6.45) is 1.35. The first-order chi connectivity index (χ1) is 12.8. The molecule has 1 aromatic rings. The van der Waals surface area contributed by atoms with Crippen LogP contribution in [0.15, 0.2) is 53.3 Å². The molecule has 1 fully saturated rings. The molecular formula is C19H20ClN5O2. The van der Waals surface area contributed by atoms with Gasteiger partial charge in [0.1, 0.15) is 0 Å². The quantitative estimate of drug-likeness (QED) is 0.751. The maximum Gasteiger partial charge on any atom is 0.328 e. The molecule has 0 N–H and O–H groups in total. The molecule has 1 aromatic carbocycles. The number of allylic oxidation sites excluding steroid dienone is 1. The van der Waals surface area contributed by atoms with Crippen LogP contribution in [-0.2, 0) is 4.79 Å². The number of urea groups is 1. The summed E-state index contributed by atoms with van der Waals surface area (Å²) in [5, 5.41) is 0.648. The minimum atomic E-state index is -0.575. The second kappa shape index (κ2) is 6.13. The van der Waals surface area contributed by atoms with Crippen LogP contribution in [-0.4, -0.2) is 58.4 Å². The summed E-state index contributed by atoms with van der Waals surface area (Å²) in [6.45, 7) is 7.79. The molecule has 0 bridgehead atoms. The van der Waals surface area contributed by atoms with E-state index < -0.39 is 12.2 Å². The van der Waals surface area contributed by atoms with Gasteiger partial charge in [0, 0.05) is 29.7 Å². The lowest BCUT2D eigenvalue weighted by molar-refractivity contribution is -0.136. The van der Waals surface area contributed by atoms with Crippen LogP contribution in [0.4, 0.5) is 10.5 Å². The third-order valence-electron chi connectivity index (χ3n) is 4.90. The number of likely N-dealkylation sites (N-methyl/N-ethyl adjacent to an activating group) is 1. The van der Waals surface area contributed by atoms with E-state index in [0.29, 0.717) is 11.0 Å². The van der Waals surface area contributed by atoms with Gasteiger partial charge < -0.3 is 9.80 Å². The van der Waals surface area contributed by atoms with E-state index in [4.69, 9.17) is 16.6 Å². The van der Waals surface area contributed by atoms with Crippen LogP contribution in [0.5, 0.6) is 0 Å². The Hall–Kier alpha value is -2.80. The Morgan fingerprint density at radius 2 is 1.93 bits per heavy atom. The fourth-order valence-corrected chi connectivity index (χ4v) is 3.80. The molecule has 8 heteroatoms. The van der Waals surface area contributed by atoms with E-state index in [9.17, 15) is 9.59 Å². The standard InChI is InChI=1S/C19H20ClN5O2/c1-11(2)9-24-17(26)15-16(22(4)19(24)27)21-18-23(15)10-12(3)25(18)14-7-5-13(20)6-8-14/h5-8,10,15-16H,1,9H2,2-4H3. The van der Waals surface area contributed by atoms with Gasteiger partial charge in [0.2, 0.25) is 5.96 Å². The highest BCUT2D eigenvalue weighted by Crippen LogP contribution is 2.36. The van der Waals surface area contributed by atoms with E-state index in [0.717, 1.165) is 17.0 Å². The summed E-state index contributed by atoms with van der Waals surface area (Å²) in [5.74, 6) is 0.377. The molecule has 27 heavy (non-hydrogen) atoms. The van der Waals surface area contributed by atoms with Gasteiger partial charge in [-0.3, -0.25) is 14.6 Å². The van der Waals surface area contributed by atoms with Gasteiger partial charge in [-0.1, -0.05) is 23.8 Å². The molecule has 3 aliphatic rings. The lowest BCUT2D eigenvalue weighted by Crippen LogP contribution is -2.64. The number of carbonyl (C=O) groups is 2. The van der Waals surface area contributed by atoms with E-state index in [1.165, 1.54) is 9.80 Å². The van der Waals surface area contributed by atoms with Gasteiger partial charge in [-0.15, -0.1) is 0 Å². The number of amides is 3. The predicted octanol–water partition coefficient (Wildman–Crippen LogP) is 2.86. The Labute approximate surface area is 162 Å². The van der Waals surface area contributed by atoms with Gasteiger partial charge in [-0.05, 0) is 38.1 Å². The number of anilines is 1. The molecule has 0 saturated carbocycles. The van der Waals surface area contributed by atoms with Gasteiger partial charge in [-0.25, -0.2) is 9.79 Å². The molecule has 3 aliphatic heterocycles. The fourth-order valence-electron chi connectivity index (χ4n) is 3.68. The van der Waals surface area contributed by atoms with E-state index in [1.807, 2.05) is 47.2 Å². The number of fused-ring (bicyclic) bond motifs is 3. The van der Waals surface area contributed by atoms with Crippen molar-refractivity contribution >= 4 is 35.2 Å². The van der Waals surface area contributed by atoms with Crippen LogP contribution in [0, 0.1) is 0 Å². The van der Waals surface area contributed by atoms with Crippen molar-refractivity contribution in [3.05, 3.63) is 53.3 Å². The number of benzene rings is 1. The molecule has 1 saturated heterocycles. The Morgan fingerprint density at radius 3 is 2.56 bits per heavy atom. The summed E-state index contributed by atoms with van der Waals surface area (Å²) >= 11 is 6.00. The molecular weight excluding hydrogens is 366 g/mol. The molecule has 0 aromatic heterocycles. The van der Waals surface area contributed by atoms with Crippen molar-refractivity contribution in [1.82, 2.24) is 14.7 Å². The maximum absolute atomic E-state index is 13.1. The Morgan fingerprint density at radius 1 is 1.26 bits per heavy atom. The number of hydrogen-bond donors (Lipinski definition) is 0. The Kier molecular flexibility index (Phi) is 3.99. The number of hydrogen-bond acceptors (Lipinski definition) is 5. The van der Waals surface area contributed by atoms with Crippen molar-refractivity contribution in [3.8, 4) is 0 Å². The van der Waals surface area contributed by atoms with Gasteiger partial charge in [0.05, 0.1) is 6.54 Å². The first kappa shape index (κ1) is 17.6. The molecule has 3 amide bonds. The largest absolute Gasteiger partial charge is 0.328 e. The van der Waals surface area contributed by atoms with Crippen molar-refractivity contribution in [2.24, 2.45) is 4.99 Å². The average molecular weight is 386 g/mol. The molecule has 0 spiro atoms. The van der Waals surface area contributed by atoms with Gasteiger partial charge in [0.15, 0.2) is 12.2 Å².